The molecule has 2 heteroatoms. The summed E-state index contributed by atoms with van der Waals surface area (Å²) < 4.78 is 0. The van der Waals surface area contributed by atoms with Crippen molar-refractivity contribution in [2.24, 2.45) is 5.41 Å². The predicted octanol–water partition coefficient (Wildman–Crippen LogP) is 3.61. The van der Waals surface area contributed by atoms with Gasteiger partial charge in [0.2, 0.25) is 5.91 Å². The first kappa shape index (κ1) is 14.1. The maximum Gasteiger partial charge on any atom is 0.227 e. The molecule has 0 atom stereocenters. The fourth-order valence-electron chi connectivity index (χ4n) is 2.81. The molecule has 1 aromatic rings. The zero-order valence-electron chi connectivity index (χ0n) is 12.6. The van der Waals surface area contributed by atoms with Gasteiger partial charge in [0, 0.05) is 18.5 Å². The topological polar surface area (TPSA) is 20.3 Å². The van der Waals surface area contributed by atoms with Crippen LogP contribution in [0.25, 0.3) is 0 Å². The summed E-state index contributed by atoms with van der Waals surface area (Å²) in [6, 6.07) is 10.7. The van der Waals surface area contributed by atoms with Crippen LogP contribution < -0.4 is 0 Å². The molecule has 0 unspecified atom stereocenters. The van der Waals surface area contributed by atoms with Crippen molar-refractivity contribution in [3.8, 4) is 0 Å². The molecule has 1 saturated heterocycles. The molecule has 1 amide bonds. The van der Waals surface area contributed by atoms with Crippen molar-refractivity contribution in [3.05, 3.63) is 35.9 Å². The Balaban J connectivity index is 2.05. The number of carbonyl (C=O) groups is 1. The van der Waals surface area contributed by atoms with Crippen LogP contribution in [0.1, 0.15) is 46.1 Å². The number of piperidine rings is 1. The second-order valence-corrected chi connectivity index (χ2v) is 6.97. The first-order valence-electron chi connectivity index (χ1n) is 7.18. The maximum atomic E-state index is 12.3. The van der Waals surface area contributed by atoms with Crippen molar-refractivity contribution in [1.82, 2.24) is 4.90 Å². The van der Waals surface area contributed by atoms with E-state index in [4.69, 9.17) is 0 Å². The number of hydrogen-bond acceptors (Lipinski definition) is 1. The van der Waals surface area contributed by atoms with Crippen molar-refractivity contribution < 1.29 is 4.79 Å². The van der Waals surface area contributed by atoms with E-state index in [-0.39, 0.29) is 16.7 Å². The average Bonchev–Trinajstić information content (AvgIpc) is 2.39. The van der Waals surface area contributed by atoms with Crippen LogP contribution >= 0.6 is 0 Å². The lowest BCUT2D eigenvalue weighted by Crippen LogP contribution is -2.47. The largest absolute Gasteiger partial charge is 0.342 e. The van der Waals surface area contributed by atoms with Crippen LogP contribution in [0.4, 0.5) is 0 Å². The first-order valence-corrected chi connectivity index (χ1v) is 7.18. The molecule has 0 spiro atoms. The van der Waals surface area contributed by atoms with Crippen LogP contribution in [-0.2, 0) is 10.2 Å². The summed E-state index contributed by atoms with van der Waals surface area (Å²) in [5.74, 6) is 0.280. The van der Waals surface area contributed by atoms with E-state index in [0.29, 0.717) is 0 Å². The molecule has 1 fully saturated rings. The Morgan fingerprint density at radius 3 is 2.11 bits per heavy atom. The molecule has 19 heavy (non-hydrogen) atoms. The zero-order chi connectivity index (χ0) is 14.1. The number of amides is 1. The van der Waals surface area contributed by atoms with Gasteiger partial charge in [0.05, 0.1) is 0 Å². The normalized spacial score (nSPS) is 19.3. The Morgan fingerprint density at radius 2 is 1.63 bits per heavy atom. The van der Waals surface area contributed by atoms with E-state index in [1.54, 1.807) is 0 Å². The second-order valence-electron chi connectivity index (χ2n) is 6.97. The molecule has 0 aromatic heterocycles. The van der Waals surface area contributed by atoms with E-state index in [1.165, 1.54) is 5.56 Å². The number of rotatable bonds is 1. The van der Waals surface area contributed by atoms with Gasteiger partial charge in [0.25, 0.3) is 0 Å². The van der Waals surface area contributed by atoms with E-state index in [0.717, 1.165) is 25.9 Å². The highest BCUT2D eigenvalue weighted by atomic mass is 16.2. The number of hydrogen-bond donors (Lipinski definition) is 0. The summed E-state index contributed by atoms with van der Waals surface area (Å²) >= 11 is 0. The van der Waals surface area contributed by atoms with Crippen LogP contribution in [0.5, 0.6) is 0 Å². The van der Waals surface area contributed by atoms with Crippen molar-refractivity contribution in [2.45, 2.75) is 46.0 Å². The summed E-state index contributed by atoms with van der Waals surface area (Å²) in [5, 5.41) is 0. The molecular formula is C17H25NO. The third kappa shape index (κ3) is 2.99. The van der Waals surface area contributed by atoms with Crippen LogP contribution in [0.15, 0.2) is 30.3 Å². The van der Waals surface area contributed by atoms with Gasteiger partial charge in [-0.2, -0.15) is 0 Å². The standard InChI is InChI=1S/C17H25NO/c1-16(2,3)15(19)18-12-10-17(4,11-13-18)14-8-6-5-7-9-14/h5-9H,10-13H2,1-4H3. The number of carbonyl (C=O) groups excluding carboxylic acids is 1. The third-order valence-electron chi connectivity index (χ3n) is 4.27. The lowest BCUT2D eigenvalue weighted by atomic mass is 9.74. The van der Waals surface area contributed by atoms with Gasteiger partial charge < -0.3 is 4.90 Å². The van der Waals surface area contributed by atoms with Gasteiger partial charge in [-0.1, -0.05) is 58.0 Å². The van der Waals surface area contributed by atoms with E-state index < -0.39 is 0 Å². The molecule has 0 saturated carbocycles. The Morgan fingerprint density at radius 1 is 1.11 bits per heavy atom. The molecule has 2 rings (SSSR count). The Hall–Kier alpha value is -1.31. The minimum Gasteiger partial charge on any atom is -0.342 e. The van der Waals surface area contributed by atoms with E-state index in [1.807, 2.05) is 25.7 Å². The molecule has 104 valence electrons. The van der Waals surface area contributed by atoms with Crippen LogP contribution in [0.2, 0.25) is 0 Å². The molecule has 1 aliphatic rings. The number of benzene rings is 1. The summed E-state index contributed by atoms with van der Waals surface area (Å²) in [4.78, 5) is 14.3. The highest BCUT2D eigenvalue weighted by molar-refractivity contribution is 5.81. The van der Waals surface area contributed by atoms with Crippen molar-refractivity contribution in [1.29, 1.82) is 0 Å². The highest BCUT2D eigenvalue weighted by Gasteiger charge is 2.36. The van der Waals surface area contributed by atoms with Gasteiger partial charge in [-0.25, -0.2) is 0 Å². The third-order valence-corrected chi connectivity index (χ3v) is 4.27. The Kier molecular flexibility index (Phi) is 3.71. The van der Waals surface area contributed by atoms with Gasteiger partial charge in [0.15, 0.2) is 0 Å². The SMILES string of the molecule is CC(C)(C)C(=O)N1CCC(C)(c2ccccc2)CC1. The van der Waals surface area contributed by atoms with Crippen LogP contribution in [0, 0.1) is 5.41 Å². The van der Waals surface area contributed by atoms with Crippen molar-refractivity contribution in [3.63, 3.8) is 0 Å². The summed E-state index contributed by atoms with van der Waals surface area (Å²) in [6.07, 6.45) is 2.11. The quantitative estimate of drug-likeness (QED) is 0.754. The second kappa shape index (κ2) is 4.99. The molecular weight excluding hydrogens is 234 g/mol. The van der Waals surface area contributed by atoms with Gasteiger partial charge in [-0.15, -0.1) is 0 Å². The number of likely N-dealkylation sites (tertiary alicyclic amines) is 1. The molecule has 1 aliphatic heterocycles. The lowest BCUT2D eigenvalue weighted by Gasteiger charge is -2.41. The Bertz CT molecular complexity index is 436. The predicted molar refractivity (Wildman–Crippen MR) is 79.1 cm³/mol. The minimum atomic E-state index is -0.263. The highest BCUT2D eigenvalue weighted by Crippen LogP contribution is 2.35. The Labute approximate surface area is 116 Å². The van der Waals surface area contributed by atoms with Crippen LogP contribution in [-0.4, -0.2) is 23.9 Å². The summed E-state index contributed by atoms with van der Waals surface area (Å²) in [5.41, 5.74) is 1.36. The molecule has 1 aromatic carbocycles. The van der Waals surface area contributed by atoms with Crippen molar-refractivity contribution in [2.75, 3.05) is 13.1 Å². The molecule has 0 radical (unpaired) electrons. The smallest absolute Gasteiger partial charge is 0.227 e. The molecule has 0 N–H and O–H groups in total. The first-order chi connectivity index (χ1) is 8.83. The van der Waals surface area contributed by atoms with Gasteiger partial charge in [-0.3, -0.25) is 4.79 Å². The molecule has 0 aliphatic carbocycles. The number of nitrogens with zero attached hydrogens (tertiary/aromatic N) is 1. The molecule has 1 heterocycles. The van der Waals surface area contributed by atoms with Gasteiger partial charge >= 0.3 is 0 Å². The van der Waals surface area contributed by atoms with E-state index in [2.05, 4.69) is 37.3 Å². The average molecular weight is 259 g/mol. The fraction of sp³-hybridized carbons (Fsp3) is 0.588. The zero-order valence-corrected chi connectivity index (χ0v) is 12.6. The monoisotopic (exact) mass is 259 g/mol. The molecule has 2 nitrogen and oxygen atoms in total. The van der Waals surface area contributed by atoms with Crippen molar-refractivity contribution >= 4 is 5.91 Å². The fourth-order valence-corrected chi connectivity index (χ4v) is 2.81. The summed E-state index contributed by atoms with van der Waals surface area (Å²) in [6.45, 7) is 10.1. The lowest BCUT2D eigenvalue weighted by molar-refractivity contribution is -0.141. The van der Waals surface area contributed by atoms with Gasteiger partial charge in [-0.05, 0) is 23.8 Å². The van der Waals surface area contributed by atoms with Gasteiger partial charge in [0.1, 0.15) is 0 Å². The van der Waals surface area contributed by atoms with E-state index >= 15 is 0 Å². The maximum absolute atomic E-state index is 12.3. The minimum absolute atomic E-state index is 0.218. The van der Waals surface area contributed by atoms with E-state index in [9.17, 15) is 4.79 Å². The summed E-state index contributed by atoms with van der Waals surface area (Å²) in [7, 11) is 0. The van der Waals surface area contributed by atoms with Crippen LogP contribution in [0.3, 0.4) is 0 Å². The molecule has 0 bridgehead atoms.